The molecule has 28 nitrogen and oxygen atoms in total. The molecule has 0 saturated carbocycles. The van der Waals surface area contributed by atoms with Crippen molar-refractivity contribution in [1.82, 2.24) is 0 Å². The number of phosphoric ester groups is 2. The maximum atomic E-state index is 11.3. The summed E-state index contributed by atoms with van der Waals surface area (Å²) in [5.41, 5.74) is 5.74. The molecule has 0 fully saturated rings. The second kappa shape index (κ2) is 30.9. The summed E-state index contributed by atoms with van der Waals surface area (Å²) < 4.78 is 103. The normalized spacial score (nSPS) is 15.4. The molecule has 0 aromatic rings. The lowest BCUT2D eigenvalue weighted by Crippen LogP contribution is -1.96. The van der Waals surface area contributed by atoms with Gasteiger partial charge in [-0.3, -0.25) is 9.05 Å². The van der Waals surface area contributed by atoms with Crippen LogP contribution in [0, 0.1) is 0 Å². The Hall–Kier alpha value is -0.260. The van der Waals surface area contributed by atoms with E-state index in [1.165, 1.54) is 16.7 Å². The number of hydrogen-bond donors (Lipinski definition) is 14. The smallest absolute Gasteiger partial charge is 0.302 e. The molecule has 0 radical (unpaired) electrons. The summed E-state index contributed by atoms with van der Waals surface area (Å²) in [7, 11) is -39.7. The van der Waals surface area contributed by atoms with Crippen molar-refractivity contribution in [3.8, 4) is 0 Å². The van der Waals surface area contributed by atoms with Crippen LogP contribution in [0.15, 0.2) is 58.7 Å². The van der Waals surface area contributed by atoms with Crippen molar-refractivity contribution in [3.05, 3.63) is 58.7 Å². The standard InChI is InChI=1S/C20H36O7P2.C5H12O7P2.2H4O7P2/c1-17(2)9-6-10-18(3)11-7-12-19(4)13-8-14-20(5)15-16-26-29(24,25)27-28(21,22)23;1-5(2)3-4-11-14(9,10)12-13(6,7)8;2*1-8(2,3)7-9(4,5)6/h9,11,13,15H,6-8,10,12,14,16H2,1-5H3,(H,24,25)(H2,21,22,23);1,3-4H2,2H3,(H,9,10)(H2,6,7,8);2*(H2,1,2,3)(H2,4,5,6). The summed E-state index contributed by atoms with van der Waals surface area (Å²) >= 11 is 0. The van der Waals surface area contributed by atoms with Gasteiger partial charge in [-0.05, 0) is 86.5 Å². The van der Waals surface area contributed by atoms with Crippen molar-refractivity contribution < 1.29 is 131 Å². The summed E-state index contributed by atoms with van der Waals surface area (Å²) in [5.74, 6) is 0. The molecule has 0 bridgehead atoms. The van der Waals surface area contributed by atoms with E-state index in [9.17, 15) is 41.4 Å². The molecule has 36 heteroatoms. The van der Waals surface area contributed by atoms with Gasteiger partial charge < -0.3 is 68.5 Å². The minimum Gasteiger partial charge on any atom is -0.302 e. The minimum atomic E-state index is -5.08. The molecule has 0 aromatic heterocycles. The number of rotatable bonds is 24. The Bertz CT molecular complexity index is 1770. The van der Waals surface area contributed by atoms with Gasteiger partial charge in [-0.2, -0.15) is 17.2 Å². The fourth-order valence-electron chi connectivity index (χ4n) is 3.19. The van der Waals surface area contributed by atoms with Gasteiger partial charge >= 0.3 is 62.6 Å². The van der Waals surface area contributed by atoms with Crippen LogP contribution in [0.3, 0.4) is 0 Å². The van der Waals surface area contributed by atoms with E-state index in [0.29, 0.717) is 12.0 Å². The van der Waals surface area contributed by atoms with Gasteiger partial charge in [0.2, 0.25) is 0 Å². The molecule has 0 saturated heterocycles. The fraction of sp³-hybridized carbons (Fsp3) is 0.600. The summed E-state index contributed by atoms with van der Waals surface area (Å²) in [6, 6.07) is 0. The predicted octanol–water partition coefficient (Wildman–Crippen LogP) is 5.91. The third-order valence-electron chi connectivity index (χ3n) is 5.45. The largest absolute Gasteiger partial charge is 0.481 e. The molecule has 0 spiro atoms. The molecule has 61 heavy (non-hydrogen) atoms. The van der Waals surface area contributed by atoms with Gasteiger partial charge in [0.05, 0.1) is 13.2 Å². The fourth-order valence-corrected chi connectivity index (χ4v) is 8.52. The van der Waals surface area contributed by atoms with Crippen molar-refractivity contribution in [3.63, 3.8) is 0 Å². The Morgan fingerprint density at radius 1 is 0.410 bits per heavy atom. The van der Waals surface area contributed by atoms with Crippen LogP contribution in [0.2, 0.25) is 0 Å². The van der Waals surface area contributed by atoms with Crippen LogP contribution in [0.4, 0.5) is 0 Å². The molecule has 14 N–H and O–H groups in total. The van der Waals surface area contributed by atoms with E-state index in [0.717, 1.165) is 44.1 Å². The van der Waals surface area contributed by atoms with Gasteiger partial charge in [-0.15, -0.1) is 6.58 Å². The SMILES string of the molecule is C=C(C)CCOP(=O)(O)OP(=O)(O)O.CC(C)=CCCC(C)=CCCC(C)=CCCC(C)=CCOP(=O)(O)OP(=O)(O)O.O=P(O)(O)OP(=O)(O)O.O=P(O)(O)OP(=O)(O)O. The van der Waals surface area contributed by atoms with E-state index in [1.807, 2.05) is 6.92 Å². The van der Waals surface area contributed by atoms with Crippen LogP contribution >= 0.6 is 62.6 Å². The van der Waals surface area contributed by atoms with Gasteiger partial charge in [-0.1, -0.05) is 52.2 Å². The molecule has 2 unspecified atom stereocenters. The first-order chi connectivity index (χ1) is 26.8. The van der Waals surface area contributed by atoms with E-state index in [2.05, 4.69) is 78.8 Å². The van der Waals surface area contributed by atoms with Gasteiger partial charge in [0.1, 0.15) is 0 Å². The van der Waals surface area contributed by atoms with E-state index in [1.54, 1.807) is 13.0 Å². The number of allylic oxidation sites excluding steroid dienone is 7. The highest BCUT2D eigenvalue weighted by molar-refractivity contribution is 7.61. The minimum absolute atomic E-state index is 0.191. The number of phosphoric acid groups is 8. The van der Waals surface area contributed by atoms with Crippen LogP contribution in [-0.2, 0) is 62.8 Å². The Balaban J connectivity index is -0.000000416. The van der Waals surface area contributed by atoms with E-state index in [-0.39, 0.29) is 13.2 Å². The Labute approximate surface area is 351 Å². The van der Waals surface area contributed by atoms with Gasteiger partial charge in [0.25, 0.3) is 0 Å². The van der Waals surface area contributed by atoms with E-state index >= 15 is 0 Å². The average Bonchev–Trinajstić information content (AvgIpc) is 2.91. The molecule has 0 amide bonds. The molecular weight excluding hydrogens is 996 g/mol. The Morgan fingerprint density at radius 3 is 0.951 bits per heavy atom. The Morgan fingerprint density at radius 2 is 0.689 bits per heavy atom. The second-order valence-electron chi connectivity index (χ2n) is 12.1. The molecule has 0 aliphatic carbocycles. The van der Waals surface area contributed by atoms with Gasteiger partial charge in [0, 0.05) is 0 Å². The molecular formula is C25H56O28P8. The van der Waals surface area contributed by atoms with Crippen molar-refractivity contribution in [2.24, 2.45) is 0 Å². The van der Waals surface area contributed by atoms with Crippen LogP contribution in [0.25, 0.3) is 0 Å². The lowest BCUT2D eigenvalue weighted by Gasteiger charge is -2.11. The summed E-state index contributed by atoms with van der Waals surface area (Å²) in [5, 5.41) is 0. The quantitative estimate of drug-likeness (QED) is 0.0394. The van der Waals surface area contributed by atoms with Crippen LogP contribution in [-0.4, -0.2) is 81.7 Å². The molecule has 0 rings (SSSR count). The Kier molecular flexibility index (Phi) is 34.1. The maximum Gasteiger partial charge on any atom is 0.481 e. The molecule has 2 atom stereocenters. The highest BCUT2D eigenvalue weighted by Crippen LogP contribution is 2.58. The van der Waals surface area contributed by atoms with E-state index < -0.39 is 62.6 Å². The highest BCUT2D eigenvalue weighted by Gasteiger charge is 2.33. The summed E-state index contributed by atoms with van der Waals surface area (Å²) in [6.45, 7) is 15.1. The first-order valence-electron chi connectivity index (χ1n) is 16.2. The lowest BCUT2D eigenvalue weighted by molar-refractivity contribution is 0.179. The van der Waals surface area contributed by atoms with Crippen LogP contribution in [0.1, 0.15) is 86.5 Å². The summed E-state index contributed by atoms with van der Waals surface area (Å²) in [4.78, 5) is 113. The average molecular weight is 1050 g/mol. The van der Waals surface area contributed by atoms with Crippen molar-refractivity contribution in [2.75, 3.05) is 13.2 Å². The topological polar surface area (TPSA) is 475 Å². The molecule has 364 valence electrons. The van der Waals surface area contributed by atoms with Gasteiger partial charge in [0.15, 0.2) is 0 Å². The monoisotopic (exact) mass is 1050 g/mol. The van der Waals surface area contributed by atoms with E-state index in [4.69, 9.17) is 63.6 Å². The second-order valence-corrected chi connectivity index (χ2v) is 23.0. The molecule has 0 heterocycles. The van der Waals surface area contributed by atoms with Crippen molar-refractivity contribution >= 4 is 62.6 Å². The van der Waals surface area contributed by atoms with Crippen LogP contribution in [0.5, 0.6) is 0 Å². The highest BCUT2D eigenvalue weighted by atomic mass is 31.3. The number of hydrogen-bond acceptors (Lipinski definition) is 14. The third kappa shape index (κ3) is 64.1. The molecule has 0 aliphatic heterocycles. The van der Waals surface area contributed by atoms with Crippen molar-refractivity contribution in [1.29, 1.82) is 0 Å². The maximum absolute atomic E-state index is 11.3. The first kappa shape index (κ1) is 67.3. The zero-order valence-corrected chi connectivity index (χ0v) is 40.6. The predicted molar refractivity (Wildman–Crippen MR) is 216 cm³/mol. The lowest BCUT2D eigenvalue weighted by atomic mass is 10.0. The molecule has 0 aliphatic rings. The zero-order chi connectivity index (χ0) is 49.3. The first-order valence-corrected chi connectivity index (χ1v) is 28.4. The zero-order valence-electron chi connectivity index (χ0n) is 33.4. The van der Waals surface area contributed by atoms with Crippen molar-refractivity contribution in [2.45, 2.75) is 86.5 Å². The third-order valence-corrected chi connectivity index (χ3v) is 13.2. The van der Waals surface area contributed by atoms with Gasteiger partial charge in [-0.25, -0.2) is 36.5 Å². The molecule has 0 aromatic carbocycles. The van der Waals surface area contributed by atoms with Crippen LogP contribution < -0.4 is 0 Å². The summed E-state index contributed by atoms with van der Waals surface area (Å²) in [6.07, 6.45) is 14.4.